The minimum Gasteiger partial charge on any atom is -0.340 e. The molecular weight excluding hydrogens is 244 g/mol. The second-order valence-corrected chi connectivity index (χ2v) is 5.64. The van der Waals surface area contributed by atoms with E-state index in [1.807, 2.05) is 24.7 Å². The molecule has 1 atom stereocenters. The van der Waals surface area contributed by atoms with Crippen LogP contribution >= 0.6 is 0 Å². The molecule has 1 N–H and O–H groups in total. The van der Waals surface area contributed by atoms with Gasteiger partial charge in [0.1, 0.15) is 17.9 Å². The topological polar surface area (TPSA) is 67.2 Å². The lowest BCUT2D eigenvalue weighted by atomic mass is 9.91. The molecule has 2 fully saturated rings. The molecular formula is C13H18N4O2. The molecule has 102 valence electrons. The van der Waals surface area contributed by atoms with E-state index >= 15 is 0 Å². The van der Waals surface area contributed by atoms with Crippen LogP contribution in [0.4, 0.5) is 0 Å². The Bertz CT molecular complexity index is 535. The van der Waals surface area contributed by atoms with E-state index in [1.54, 1.807) is 11.1 Å². The third-order valence-corrected chi connectivity index (χ3v) is 4.11. The second-order valence-electron chi connectivity index (χ2n) is 5.64. The molecule has 1 saturated carbocycles. The van der Waals surface area contributed by atoms with Gasteiger partial charge in [-0.05, 0) is 25.7 Å². The Morgan fingerprint density at radius 2 is 2.21 bits per heavy atom. The number of hydrogen-bond acceptors (Lipinski definition) is 3. The Morgan fingerprint density at radius 1 is 1.47 bits per heavy atom. The van der Waals surface area contributed by atoms with E-state index in [9.17, 15) is 9.59 Å². The zero-order valence-electron chi connectivity index (χ0n) is 11.2. The quantitative estimate of drug-likeness (QED) is 0.837. The van der Waals surface area contributed by atoms with Crippen LogP contribution in [0.25, 0.3) is 0 Å². The summed E-state index contributed by atoms with van der Waals surface area (Å²) < 4.78 is 1.87. The number of nitrogens with one attached hydrogen (secondary N) is 1. The smallest absolute Gasteiger partial charge is 0.249 e. The summed E-state index contributed by atoms with van der Waals surface area (Å²) in [6.07, 6.45) is 5.56. The highest BCUT2D eigenvalue weighted by molar-refractivity contribution is 5.98. The number of piperazine rings is 1. The molecule has 6 nitrogen and oxygen atoms in total. The molecule has 3 rings (SSSR count). The van der Waals surface area contributed by atoms with Crippen molar-refractivity contribution in [1.82, 2.24) is 19.8 Å². The van der Waals surface area contributed by atoms with Crippen LogP contribution in [-0.2, 0) is 23.2 Å². The van der Waals surface area contributed by atoms with Crippen LogP contribution in [0.1, 0.15) is 25.6 Å². The summed E-state index contributed by atoms with van der Waals surface area (Å²) >= 11 is 0. The first-order valence-electron chi connectivity index (χ1n) is 6.57. The third kappa shape index (κ3) is 2.01. The first kappa shape index (κ1) is 12.2. The minimum absolute atomic E-state index is 0.0117. The van der Waals surface area contributed by atoms with E-state index in [-0.39, 0.29) is 24.3 Å². The molecule has 6 heteroatoms. The highest BCUT2D eigenvalue weighted by atomic mass is 16.2. The molecule has 0 spiro atoms. The first-order chi connectivity index (χ1) is 9.00. The molecule has 1 saturated heterocycles. The Morgan fingerprint density at radius 3 is 2.79 bits per heavy atom. The van der Waals surface area contributed by atoms with E-state index in [2.05, 4.69) is 10.3 Å². The van der Waals surface area contributed by atoms with Crippen LogP contribution in [0.2, 0.25) is 0 Å². The van der Waals surface area contributed by atoms with Crippen LogP contribution in [0.5, 0.6) is 0 Å². The van der Waals surface area contributed by atoms with Gasteiger partial charge < -0.3 is 14.8 Å². The van der Waals surface area contributed by atoms with Crippen molar-refractivity contribution >= 4 is 11.8 Å². The van der Waals surface area contributed by atoms with Crippen molar-refractivity contribution in [3.63, 3.8) is 0 Å². The van der Waals surface area contributed by atoms with Gasteiger partial charge in [-0.3, -0.25) is 9.59 Å². The molecule has 1 aromatic heterocycles. The van der Waals surface area contributed by atoms with E-state index in [0.717, 1.165) is 18.7 Å². The molecule has 0 radical (unpaired) electrons. The summed E-state index contributed by atoms with van der Waals surface area (Å²) in [5.74, 6) is 1.01. The third-order valence-electron chi connectivity index (χ3n) is 4.11. The number of carbonyl (C=O) groups is 2. The Labute approximate surface area is 111 Å². The van der Waals surface area contributed by atoms with Crippen molar-refractivity contribution in [3.8, 4) is 0 Å². The first-order valence-corrected chi connectivity index (χ1v) is 6.57. The van der Waals surface area contributed by atoms with E-state index in [4.69, 9.17) is 0 Å². The molecule has 2 aliphatic rings. The van der Waals surface area contributed by atoms with Gasteiger partial charge in [0.05, 0.1) is 6.54 Å². The number of rotatable bonds is 3. The molecule has 0 bridgehead atoms. The maximum atomic E-state index is 12.6. The monoisotopic (exact) mass is 262 g/mol. The van der Waals surface area contributed by atoms with Crippen molar-refractivity contribution in [2.45, 2.75) is 31.8 Å². The van der Waals surface area contributed by atoms with E-state index in [0.29, 0.717) is 6.54 Å². The number of hydrogen-bond donors (Lipinski definition) is 1. The molecule has 1 unspecified atom stereocenters. The zero-order chi connectivity index (χ0) is 13.6. The predicted molar refractivity (Wildman–Crippen MR) is 67.9 cm³/mol. The van der Waals surface area contributed by atoms with Crippen molar-refractivity contribution in [1.29, 1.82) is 0 Å². The summed E-state index contributed by atoms with van der Waals surface area (Å²) in [4.78, 5) is 30.3. The van der Waals surface area contributed by atoms with Crippen LogP contribution in [0, 0.1) is 5.92 Å². The maximum Gasteiger partial charge on any atom is 0.249 e. The minimum atomic E-state index is -0.722. The lowest BCUT2D eigenvalue weighted by Gasteiger charge is -2.39. The van der Waals surface area contributed by atoms with Gasteiger partial charge in [-0.2, -0.15) is 0 Å². The Kier molecular flexibility index (Phi) is 2.62. The average Bonchev–Trinajstić information content (AvgIpc) is 3.13. The molecule has 1 aliphatic carbocycles. The number of aromatic nitrogens is 2. The summed E-state index contributed by atoms with van der Waals surface area (Å²) in [5.41, 5.74) is -0.722. The molecule has 1 aromatic rings. The summed E-state index contributed by atoms with van der Waals surface area (Å²) in [6.45, 7) is 2.35. The van der Waals surface area contributed by atoms with E-state index in [1.165, 1.54) is 0 Å². The van der Waals surface area contributed by atoms with Crippen molar-refractivity contribution in [2.24, 2.45) is 13.0 Å². The Balaban J connectivity index is 1.82. The van der Waals surface area contributed by atoms with Crippen LogP contribution in [-0.4, -0.2) is 38.3 Å². The normalized spacial score (nSPS) is 27.6. The maximum absolute atomic E-state index is 12.6. The molecule has 2 heterocycles. The van der Waals surface area contributed by atoms with Crippen molar-refractivity contribution < 1.29 is 9.59 Å². The van der Waals surface area contributed by atoms with Gasteiger partial charge in [0.2, 0.25) is 11.8 Å². The lowest BCUT2D eigenvalue weighted by molar-refractivity contribution is -0.151. The number of nitrogens with zero attached hydrogens (tertiary/aromatic N) is 3. The van der Waals surface area contributed by atoms with Crippen LogP contribution in [0.3, 0.4) is 0 Å². The molecule has 19 heavy (non-hydrogen) atoms. The number of amides is 2. The number of imidazole rings is 1. The van der Waals surface area contributed by atoms with Gasteiger partial charge in [0, 0.05) is 19.4 Å². The van der Waals surface area contributed by atoms with Crippen LogP contribution in [0.15, 0.2) is 12.4 Å². The van der Waals surface area contributed by atoms with Gasteiger partial charge in [0.25, 0.3) is 0 Å². The summed E-state index contributed by atoms with van der Waals surface area (Å²) in [5, 5.41) is 2.87. The molecule has 2 amide bonds. The highest BCUT2D eigenvalue weighted by Gasteiger charge is 2.52. The zero-order valence-corrected chi connectivity index (χ0v) is 11.2. The van der Waals surface area contributed by atoms with Crippen LogP contribution < -0.4 is 5.32 Å². The second kappa shape index (κ2) is 4.08. The Hall–Kier alpha value is -1.85. The van der Waals surface area contributed by atoms with Gasteiger partial charge in [-0.15, -0.1) is 0 Å². The highest BCUT2D eigenvalue weighted by Crippen LogP contribution is 2.41. The van der Waals surface area contributed by atoms with Gasteiger partial charge >= 0.3 is 0 Å². The standard InChI is InChI=1S/C13H18N4O2/c1-13(9-3-4-9)12(19)17(8-11(18)15-13)7-10-14-5-6-16(10)2/h5-6,9H,3-4,7-8H2,1-2H3,(H,15,18). The average molecular weight is 262 g/mol. The van der Waals surface area contributed by atoms with Crippen molar-refractivity contribution in [2.75, 3.05) is 6.54 Å². The van der Waals surface area contributed by atoms with Gasteiger partial charge in [-0.1, -0.05) is 0 Å². The fourth-order valence-electron chi connectivity index (χ4n) is 2.74. The van der Waals surface area contributed by atoms with E-state index < -0.39 is 5.54 Å². The molecule has 0 aromatic carbocycles. The summed E-state index contributed by atoms with van der Waals surface area (Å²) in [6, 6.07) is 0. The SMILES string of the molecule is Cn1ccnc1CN1CC(=O)NC(C)(C2CC2)C1=O. The van der Waals surface area contributed by atoms with Gasteiger partial charge in [-0.25, -0.2) is 4.98 Å². The van der Waals surface area contributed by atoms with Crippen molar-refractivity contribution in [3.05, 3.63) is 18.2 Å². The number of aryl methyl sites for hydroxylation is 1. The predicted octanol–water partition coefficient (Wildman–Crippen LogP) is 0.0472. The fraction of sp³-hybridized carbons (Fsp3) is 0.615. The number of carbonyl (C=O) groups excluding carboxylic acids is 2. The lowest BCUT2D eigenvalue weighted by Crippen LogP contribution is -2.66. The summed E-state index contributed by atoms with van der Waals surface area (Å²) in [7, 11) is 1.89. The van der Waals surface area contributed by atoms with Gasteiger partial charge in [0.15, 0.2) is 0 Å². The molecule has 1 aliphatic heterocycles. The fourth-order valence-corrected chi connectivity index (χ4v) is 2.74. The largest absolute Gasteiger partial charge is 0.340 e.